The van der Waals surface area contributed by atoms with Gasteiger partial charge in [0.05, 0.1) is 6.54 Å². The summed E-state index contributed by atoms with van der Waals surface area (Å²) >= 11 is 0. The van der Waals surface area contributed by atoms with E-state index in [1.54, 1.807) is 6.08 Å². The Morgan fingerprint density at radius 1 is 1.41 bits per heavy atom. The molecule has 1 aromatic carbocycles. The first-order valence-corrected chi connectivity index (χ1v) is 6.00. The van der Waals surface area contributed by atoms with Crippen molar-refractivity contribution < 1.29 is 4.79 Å². The zero-order valence-electron chi connectivity index (χ0n) is 9.93. The Balaban J connectivity index is 1.85. The highest BCUT2D eigenvalue weighted by Gasteiger charge is 2.31. The van der Waals surface area contributed by atoms with Gasteiger partial charge in [0.25, 0.3) is 0 Å². The van der Waals surface area contributed by atoms with Crippen LogP contribution in [0.15, 0.2) is 43.0 Å². The summed E-state index contributed by atoms with van der Waals surface area (Å²) in [6, 6.07) is 10.2. The summed E-state index contributed by atoms with van der Waals surface area (Å²) in [6.45, 7) is 4.71. The number of rotatable bonds is 6. The molecule has 0 bridgehead atoms. The Hall–Kier alpha value is -1.77. The van der Waals surface area contributed by atoms with Crippen LogP contribution in [0.3, 0.4) is 0 Å². The van der Waals surface area contributed by atoms with Gasteiger partial charge in [-0.3, -0.25) is 4.79 Å². The molecule has 0 spiro atoms. The van der Waals surface area contributed by atoms with Crippen molar-refractivity contribution >= 4 is 11.6 Å². The Morgan fingerprint density at radius 3 is 2.71 bits per heavy atom. The topological polar surface area (TPSA) is 32.3 Å². The van der Waals surface area contributed by atoms with E-state index in [0.717, 1.165) is 18.5 Å². The van der Waals surface area contributed by atoms with Gasteiger partial charge >= 0.3 is 0 Å². The van der Waals surface area contributed by atoms with E-state index in [2.05, 4.69) is 11.9 Å². The van der Waals surface area contributed by atoms with Crippen LogP contribution in [0.2, 0.25) is 0 Å². The minimum absolute atomic E-state index is 0.149. The molecule has 1 saturated carbocycles. The van der Waals surface area contributed by atoms with Gasteiger partial charge in [0.15, 0.2) is 0 Å². The Bertz CT molecular complexity index is 384. The number of carbonyl (C=O) groups excluding carboxylic acids is 1. The highest BCUT2D eigenvalue weighted by molar-refractivity contribution is 5.81. The van der Waals surface area contributed by atoms with Crippen molar-refractivity contribution in [2.45, 2.75) is 18.9 Å². The van der Waals surface area contributed by atoms with Gasteiger partial charge in [-0.15, -0.1) is 6.58 Å². The average Bonchev–Trinajstić information content (AvgIpc) is 3.18. The molecule has 0 aliphatic heterocycles. The van der Waals surface area contributed by atoms with Crippen LogP contribution in [0.25, 0.3) is 0 Å². The SMILES string of the molecule is C=CCN(C(=O)CNc1ccccc1)C1CC1. The van der Waals surface area contributed by atoms with Gasteiger partial charge < -0.3 is 10.2 Å². The Morgan fingerprint density at radius 2 is 2.12 bits per heavy atom. The molecule has 3 nitrogen and oxygen atoms in total. The molecule has 0 unspecified atom stereocenters. The van der Waals surface area contributed by atoms with Gasteiger partial charge in [-0.1, -0.05) is 24.3 Å². The van der Waals surface area contributed by atoms with Crippen LogP contribution in [0.4, 0.5) is 5.69 Å². The number of benzene rings is 1. The molecule has 1 amide bonds. The smallest absolute Gasteiger partial charge is 0.242 e. The Labute approximate surface area is 102 Å². The first kappa shape index (κ1) is 11.7. The monoisotopic (exact) mass is 230 g/mol. The van der Waals surface area contributed by atoms with Crippen molar-refractivity contribution in [1.82, 2.24) is 4.90 Å². The molecular weight excluding hydrogens is 212 g/mol. The van der Waals surface area contributed by atoms with E-state index in [1.165, 1.54) is 0 Å². The number of para-hydroxylation sites is 1. The molecular formula is C14H18N2O. The molecule has 1 fully saturated rings. The molecule has 17 heavy (non-hydrogen) atoms. The minimum atomic E-state index is 0.149. The molecule has 2 rings (SSSR count). The molecule has 1 aromatic rings. The third-order valence-corrected chi connectivity index (χ3v) is 2.85. The maximum absolute atomic E-state index is 12.0. The second-order valence-corrected chi connectivity index (χ2v) is 4.29. The summed E-state index contributed by atoms with van der Waals surface area (Å²) in [5.74, 6) is 0.149. The largest absolute Gasteiger partial charge is 0.376 e. The Kier molecular flexibility index (Phi) is 3.81. The fourth-order valence-corrected chi connectivity index (χ4v) is 1.82. The third kappa shape index (κ3) is 3.34. The van der Waals surface area contributed by atoms with Crippen LogP contribution < -0.4 is 5.32 Å². The van der Waals surface area contributed by atoms with E-state index in [9.17, 15) is 4.79 Å². The number of hydrogen-bond donors (Lipinski definition) is 1. The fourth-order valence-electron chi connectivity index (χ4n) is 1.82. The van der Waals surface area contributed by atoms with Crippen molar-refractivity contribution in [3.05, 3.63) is 43.0 Å². The number of hydrogen-bond acceptors (Lipinski definition) is 2. The molecule has 3 heteroatoms. The van der Waals surface area contributed by atoms with E-state index in [1.807, 2.05) is 35.2 Å². The molecule has 90 valence electrons. The molecule has 1 aliphatic rings. The van der Waals surface area contributed by atoms with Crippen LogP contribution in [0.1, 0.15) is 12.8 Å². The van der Waals surface area contributed by atoms with Gasteiger partial charge in [0, 0.05) is 18.3 Å². The summed E-state index contributed by atoms with van der Waals surface area (Å²) in [5.41, 5.74) is 0.982. The van der Waals surface area contributed by atoms with Crippen molar-refractivity contribution in [2.75, 3.05) is 18.4 Å². The van der Waals surface area contributed by atoms with E-state index >= 15 is 0 Å². The lowest BCUT2D eigenvalue weighted by Gasteiger charge is -2.21. The molecule has 1 N–H and O–H groups in total. The van der Waals surface area contributed by atoms with Crippen LogP contribution in [0, 0.1) is 0 Å². The van der Waals surface area contributed by atoms with Crippen LogP contribution in [-0.4, -0.2) is 29.9 Å². The van der Waals surface area contributed by atoms with Gasteiger partial charge in [0.2, 0.25) is 5.91 Å². The van der Waals surface area contributed by atoms with Crippen LogP contribution >= 0.6 is 0 Å². The van der Waals surface area contributed by atoms with E-state index in [0.29, 0.717) is 19.1 Å². The highest BCUT2D eigenvalue weighted by atomic mass is 16.2. The summed E-state index contributed by atoms with van der Waals surface area (Å²) in [7, 11) is 0. The fraction of sp³-hybridized carbons (Fsp3) is 0.357. The summed E-state index contributed by atoms with van der Waals surface area (Å²) in [5, 5.41) is 3.14. The third-order valence-electron chi connectivity index (χ3n) is 2.85. The molecule has 1 aliphatic carbocycles. The molecule has 0 saturated heterocycles. The summed E-state index contributed by atoms with van der Waals surface area (Å²) in [6.07, 6.45) is 4.05. The number of nitrogens with one attached hydrogen (secondary N) is 1. The zero-order chi connectivity index (χ0) is 12.1. The normalized spacial score (nSPS) is 14.1. The molecule has 0 heterocycles. The predicted molar refractivity (Wildman–Crippen MR) is 69.9 cm³/mol. The lowest BCUT2D eigenvalue weighted by molar-refractivity contribution is -0.129. The van der Waals surface area contributed by atoms with E-state index in [-0.39, 0.29) is 5.91 Å². The highest BCUT2D eigenvalue weighted by Crippen LogP contribution is 2.26. The molecule has 0 radical (unpaired) electrons. The van der Waals surface area contributed by atoms with E-state index in [4.69, 9.17) is 0 Å². The van der Waals surface area contributed by atoms with Crippen molar-refractivity contribution in [3.63, 3.8) is 0 Å². The van der Waals surface area contributed by atoms with Gasteiger partial charge in [-0.25, -0.2) is 0 Å². The van der Waals surface area contributed by atoms with Gasteiger partial charge in [-0.05, 0) is 25.0 Å². The maximum Gasteiger partial charge on any atom is 0.242 e. The van der Waals surface area contributed by atoms with Crippen LogP contribution in [0.5, 0.6) is 0 Å². The molecule has 0 atom stereocenters. The van der Waals surface area contributed by atoms with Crippen molar-refractivity contribution in [1.29, 1.82) is 0 Å². The van der Waals surface area contributed by atoms with Crippen molar-refractivity contribution in [3.8, 4) is 0 Å². The molecule has 0 aromatic heterocycles. The number of anilines is 1. The number of nitrogens with zero attached hydrogens (tertiary/aromatic N) is 1. The number of carbonyl (C=O) groups is 1. The van der Waals surface area contributed by atoms with E-state index < -0.39 is 0 Å². The average molecular weight is 230 g/mol. The maximum atomic E-state index is 12.0. The lowest BCUT2D eigenvalue weighted by atomic mass is 10.3. The van der Waals surface area contributed by atoms with Crippen molar-refractivity contribution in [2.24, 2.45) is 0 Å². The first-order chi connectivity index (χ1) is 8.31. The van der Waals surface area contributed by atoms with Crippen LogP contribution in [-0.2, 0) is 4.79 Å². The number of amides is 1. The van der Waals surface area contributed by atoms with Gasteiger partial charge in [0.1, 0.15) is 0 Å². The minimum Gasteiger partial charge on any atom is -0.376 e. The quantitative estimate of drug-likeness (QED) is 0.760. The summed E-state index contributed by atoms with van der Waals surface area (Å²) in [4.78, 5) is 13.9. The van der Waals surface area contributed by atoms with Gasteiger partial charge in [-0.2, -0.15) is 0 Å². The zero-order valence-corrected chi connectivity index (χ0v) is 9.93. The second-order valence-electron chi connectivity index (χ2n) is 4.29. The summed E-state index contributed by atoms with van der Waals surface area (Å²) < 4.78 is 0. The predicted octanol–water partition coefficient (Wildman–Crippen LogP) is 2.28. The standard InChI is InChI=1S/C14H18N2O/c1-2-10-16(13-8-9-13)14(17)11-15-12-6-4-3-5-7-12/h2-7,13,15H,1,8-11H2. The lowest BCUT2D eigenvalue weighted by Crippen LogP contribution is -2.37. The first-order valence-electron chi connectivity index (χ1n) is 6.00. The second kappa shape index (κ2) is 5.53.